The van der Waals surface area contributed by atoms with Crippen molar-refractivity contribution >= 4 is 0 Å². The van der Waals surface area contributed by atoms with Crippen molar-refractivity contribution in [3.05, 3.63) is 29.7 Å². The first kappa shape index (κ1) is 15.3. The maximum absolute atomic E-state index is 9.60. The number of rotatable bonds is 6. The van der Waals surface area contributed by atoms with Crippen LogP contribution in [0, 0.1) is 6.92 Å². The molecule has 0 aliphatic rings. The zero-order valence-electron chi connectivity index (χ0n) is 12.4. The van der Waals surface area contributed by atoms with Crippen LogP contribution < -0.4 is 10.1 Å². The molecule has 0 radical (unpaired) electrons. The van der Waals surface area contributed by atoms with Crippen molar-refractivity contribution < 1.29 is 19.4 Å². The lowest BCUT2D eigenvalue weighted by Crippen LogP contribution is -2.28. The molecular weight excluding hydrogens is 272 g/mol. The number of hydrogen-bond acceptors (Lipinski definition) is 6. The van der Waals surface area contributed by atoms with Crippen LogP contribution in [0.5, 0.6) is 11.5 Å². The summed E-state index contributed by atoms with van der Waals surface area (Å²) in [4.78, 5) is 4.44. The number of nitrogens with zero attached hydrogens (tertiary/aromatic N) is 1. The van der Waals surface area contributed by atoms with Crippen molar-refractivity contribution in [2.24, 2.45) is 0 Å². The standard InChI is InChI=1S/C15H20N2O4/c1-9(8-18)16-7-12-10(2)21-15(17-12)11-4-5-13(19)14(6-11)20-3/h4-6,9,16,18-19H,7-8H2,1-3H3. The molecule has 1 heterocycles. The molecule has 0 saturated carbocycles. The van der Waals surface area contributed by atoms with Crippen molar-refractivity contribution in [2.45, 2.75) is 26.4 Å². The molecule has 114 valence electrons. The van der Waals surface area contributed by atoms with Gasteiger partial charge in [-0.3, -0.25) is 0 Å². The first-order chi connectivity index (χ1) is 10.0. The minimum absolute atomic E-state index is 0.00156. The molecule has 0 amide bonds. The highest BCUT2D eigenvalue weighted by molar-refractivity contribution is 5.60. The zero-order valence-corrected chi connectivity index (χ0v) is 12.4. The second kappa shape index (κ2) is 6.60. The van der Waals surface area contributed by atoms with Gasteiger partial charge in [-0.15, -0.1) is 0 Å². The highest BCUT2D eigenvalue weighted by Crippen LogP contribution is 2.31. The Balaban J connectivity index is 2.21. The molecule has 0 saturated heterocycles. The monoisotopic (exact) mass is 292 g/mol. The summed E-state index contributed by atoms with van der Waals surface area (Å²) in [5.74, 6) is 1.63. The third kappa shape index (κ3) is 3.53. The summed E-state index contributed by atoms with van der Waals surface area (Å²) in [6.45, 7) is 4.32. The van der Waals surface area contributed by atoms with Crippen LogP contribution in [-0.2, 0) is 6.54 Å². The molecule has 0 spiro atoms. The number of aryl methyl sites for hydroxylation is 1. The van der Waals surface area contributed by atoms with Gasteiger partial charge in [0.2, 0.25) is 5.89 Å². The van der Waals surface area contributed by atoms with Crippen LogP contribution in [0.25, 0.3) is 11.5 Å². The van der Waals surface area contributed by atoms with E-state index in [1.807, 2.05) is 13.8 Å². The lowest BCUT2D eigenvalue weighted by molar-refractivity contribution is 0.250. The molecule has 2 aromatic rings. The van der Waals surface area contributed by atoms with E-state index in [2.05, 4.69) is 10.3 Å². The summed E-state index contributed by atoms with van der Waals surface area (Å²) in [6.07, 6.45) is 0. The van der Waals surface area contributed by atoms with Crippen molar-refractivity contribution in [1.82, 2.24) is 10.3 Å². The molecule has 0 fully saturated rings. The summed E-state index contributed by atoms with van der Waals surface area (Å²) in [7, 11) is 1.49. The van der Waals surface area contributed by atoms with Gasteiger partial charge >= 0.3 is 0 Å². The molecule has 1 aromatic heterocycles. The van der Waals surface area contributed by atoms with E-state index in [-0.39, 0.29) is 18.4 Å². The van der Waals surface area contributed by atoms with Gasteiger partial charge in [0.1, 0.15) is 5.76 Å². The minimum atomic E-state index is -0.00156. The lowest BCUT2D eigenvalue weighted by atomic mass is 10.2. The molecule has 2 rings (SSSR count). The molecule has 21 heavy (non-hydrogen) atoms. The van der Waals surface area contributed by atoms with E-state index < -0.39 is 0 Å². The fraction of sp³-hybridized carbons (Fsp3) is 0.400. The smallest absolute Gasteiger partial charge is 0.226 e. The average Bonchev–Trinajstić information content (AvgIpc) is 2.86. The SMILES string of the molecule is COc1cc(-c2nc(CNC(C)CO)c(C)o2)ccc1O. The fourth-order valence-electron chi connectivity index (χ4n) is 1.86. The van der Waals surface area contributed by atoms with Gasteiger partial charge < -0.3 is 24.7 Å². The lowest BCUT2D eigenvalue weighted by Gasteiger charge is -2.08. The first-order valence-corrected chi connectivity index (χ1v) is 6.73. The number of hydrogen-bond donors (Lipinski definition) is 3. The third-order valence-electron chi connectivity index (χ3n) is 3.21. The van der Waals surface area contributed by atoms with E-state index >= 15 is 0 Å². The highest BCUT2D eigenvalue weighted by Gasteiger charge is 2.14. The number of methoxy groups -OCH3 is 1. The topological polar surface area (TPSA) is 87.8 Å². The Morgan fingerprint density at radius 2 is 2.19 bits per heavy atom. The van der Waals surface area contributed by atoms with Crippen LogP contribution in [-0.4, -0.2) is 35.0 Å². The Hall–Kier alpha value is -2.05. The predicted octanol–water partition coefficient (Wildman–Crippen LogP) is 1.83. The van der Waals surface area contributed by atoms with E-state index in [1.54, 1.807) is 18.2 Å². The average molecular weight is 292 g/mol. The largest absolute Gasteiger partial charge is 0.504 e. The maximum atomic E-state index is 9.60. The van der Waals surface area contributed by atoms with Gasteiger partial charge in [-0.05, 0) is 32.0 Å². The van der Waals surface area contributed by atoms with Crippen molar-refractivity contribution in [1.29, 1.82) is 0 Å². The minimum Gasteiger partial charge on any atom is -0.504 e. The third-order valence-corrected chi connectivity index (χ3v) is 3.21. The van der Waals surface area contributed by atoms with Crippen LogP contribution in [0.2, 0.25) is 0 Å². The molecule has 6 nitrogen and oxygen atoms in total. The van der Waals surface area contributed by atoms with Gasteiger partial charge in [0.05, 0.1) is 19.4 Å². The predicted molar refractivity (Wildman–Crippen MR) is 78.3 cm³/mol. The summed E-state index contributed by atoms with van der Waals surface area (Å²) in [5, 5.41) is 21.8. The second-order valence-electron chi connectivity index (χ2n) is 4.87. The number of oxazole rings is 1. The zero-order chi connectivity index (χ0) is 15.4. The molecule has 0 bridgehead atoms. The number of ether oxygens (including phenoxy) is 1. The Morgan fingerprint density at radius 3 is 2.86 bits per heavy atom. The molecular formula is C15H20N2O4. The van der Waals surface area contributed by atoms with Gasteiger partial charge in [0, 0.05) is 18.2 Å². The van der Waals surface area contributed by atoms with Crippen LogP contribution in [0.3, 0.4) is 0 Å². The molecule has 6 heteroatoms. The second-order valence-corrected chi connectivity index (χ2v) is 4.87. The van der Waals surface area contributed by atoms with Gasteiger partial charge in [-0.25, -0.2) is 4.98 Å². The van der Waals surface area contributed by atoms with Gasteiger partial charge in [-0.2, -0.15) is 0 Å². The number of aromatic hydroxyl groups is 1. The van der Waals surface area contributed by atoms with Crippen molar-refractivity contribution in [3.8, 4) is 23.0 Å². The Morgan fingerprint density at radius 1 is 1.43 bits per heavy atom. The Kier molecular flexibility index (Phi) is 4.82. The summed E-state index contributed by atoms with van der Waals surface area (Å²) >= 11 is 0. The van der Waals surface area contributed by atoms with Gasteiger partial charge in [-0.1, -0.05) is 0 Å². The van der Waals surface area contributed by atoms with Crippen molar-refractivity contribution in [3.63, 3.8) is 0 Å². The molecule has 3 N–H and O–H groups in total. The summed E-state index contributed by atoms with van der Waals surface area (Å²) < 4.78 is 10.7. The maximum Gasteiger partial charge on any atom is 0.226 e. The van der Waals surface area contributed by atoms with E-state index in [1.165, 1.54) is 7.11 Å². The van der Waals surface area contributed by atoms with Crippen LogP contribution in [0.1, 0.15) is 18.4 Å². The molecule has 1 unspecified atom stereocenters. The Labute approximate surface area is 123 Å². The Bertz CT molecular complexity index is 610. The van der Waals surface area contributed by atoms with E-state index in [4.69, 9.17) is 14.3 Å². The van der Waals surface area contributed by atoms with Gasteiger partial charge in [0.15, 0.2) is 11.5 Å². The number of nitrogens with one attached hydrogen (secondary N) is 1. The van der Waals surface area contributed by atoms with Crippen LogP contribution in [0.15, 0.2) is 22.6 Å². The van der Waals surface area contributed by atoms with Gasteiger partial charge in [0.25, 0.3) is 0 Å². The van der Waals surface area contributed by atoms with Crippen molar-refractivity contribution in [2.75, 3.05) is 13.7 Å². The molecule has 1 aromatic carbocycles. The molecule has 0 aliphatic heterocycles. The number of aliphatic hydroxyl groups excluding tert-OH is 1. The number of aromatic nitrogens is 1. The number of benzene rings is 1. The normalized spacial score (nSPS) is 12.4. The highest BCUT2D eigenvalue weighted by atomic mass is 16.5. The van der Waals surface area contributed by atoms with E-state index in [9.17, 15) is 5.11 Å². The molecule has 0 aliphatic carbocycles. The number of phenolic OH excluding ortho intramolecular Hbond substituents is 1. The molecule has 1 atom stereocenters. The first-order valence-electron chi connectivity index (χ1n) is 6.73. The fourth-order valence-corrected chi connectivity index (χ4v) is 1.86. The van der Waals surface area contributed by atoms with E-state index in [0.29, 0.717) is 18.2 Å². The van der Waals surface area contributed by atoms with Crippen LogP contribution >= 0.6 is 0 Å². The summed E-state index contributed by atoms with van der Waals surface area (Å²) in [6, 6.07) is 4.93. The van der Waals surface area contributed by atoms with E-state index in [0.717, 1.165) is 17.0 Å². The number of aliphatic hydroxyl groups is 1. The number of phenols is 1. The quantitative estimate of drug-likeness (QED) is 0.753. The van der Waals surface area contributed by atoms with Crippen LogP contribution in [0.4, 0.5) is 0 Å². The summed E-state index contributed by atoms with van der Waals surface area (Å²) in [5.41, 5.74) is 1.52.